The monoisotopic (exact) mass is 240 g/mol. The Balaban J connectivity index is 1.96. The van der Waals surface area contributed by atoms with Crippen LogP contribution in [0.2, 0.25) is 0 Å². The molecule has 0 radical (unpaired) electrons. The van der Waals surface area contributed by atoms with Crippen LogP contribution in [0, 0.1) is 13.8 Å². The molecule has 0 aliphatic carbocycles. The van der Waals surface area contributed by atoms with Crippen LogP contribution in [0.25, 0.3) is 23.1 Å². The molecule has 1 aromatic carbocycles. The Hall–Kier alpha value is -2.36. The van der Waals surface area contributed by atoms with E-state index < -0.39 is 0 Å². The fraction of sp³-hybridized carbons (Fsp3) is 0.143. The highest BCUT2D eigenvalue weighted by Gasteiger charge is 2.12. The summed E-state index contributed by atoms with van der Waals surface area (Å²) in [7, 11) is 0. The summed E-state index contributed by atoms with van der Waals surface area (Å²) in [4.78, 5) is 0. The molecule has 0 saturated carbocycles. The van der Waals surface area contributed by atoms with Gasteiger partial charge in [0.05, 0.1) is 0 Å². The second kappa shape index (κ2) is 4.14. The highest BCUT2D eigenvalue weighted by Crippen LogP contribution is 2.25. The molecule has 0 saturated heterocycles. The van der Waals surface area contributed by atoms with Crippen LogP contribution in [-0.2, 0) is 0 Å². The number of benzene rings is 1. The minimum atomic E-state index is 0.402. The van der Waals surface area contributed by atoms with E-state index in [1.165, 1.54) is 5.56 Å². The first-order chi connectivity index (χ1) is 8.72. The van der Waals surface area contributed by atoms with Crippen LogP contribution in [0.15, 0.2) is 45.2 Å². The molecule has 4 heteroatoms. The van der Waals surface area contributed by atoms with Crippen molar-refractivity contribution in [3.63, 3.8) is 0 Å². The van der Waals surface area contributed by atoms with Crippen molar-refractivity contribution in [2.24, 2.45) is 0 Å². The van der Waals surface area contributed by atoms with Crippen molar-refractivity contribution in [3.05, 3.63) is 47.7 Å². The van der Waals surface area contributed by atoms with Gasteiger partial charge in [0.2, 0.25) is 5.89 Å². The van der Waals surface area contributed by atoms with E-state index in [0.29, 0.717) is 17.5 Å². The van der Waals surface area contributed by atoms with Crippen LogP contribution < -0.4 is 0 Å². The lowest BCUT2D eigenvalue weighted by atomic mass is 10.1. The minimum absolute atomic E-state index is 0.402. The van der Waals surface area contributed by atoms with Gasteiger partial charge >= 0.3 is 0 Å². The Labute approximate surface area is 104 Å². The van der Waals surface area contributed by atoms with E-state index in [9.17, 15) is 0 Å². The van der Waals surface area contributed by atoms with Crippen molar-refractivity contribution < 1.29 is 8.83 Å². The molecule has 0 aliphatic rings. The topological polar surface area (TPSA) is 52.1 Å². The average molecular weight is 240 g/mol. The molecule has 4 nitrogen and oxygen atoms in total. The molecule has 90 valence electrons. The van der Waals surface area contributed by atoms with Gasteiger partial charge in [-0.1, -0.05) is 17.7 Å². The Kier molecular flexibility index (Phi) is 2.48. The fourth-order valence-electron chi connectivity index (χ4n) is 1.69. The van der Waals surface area contributed by atoms with E-state index in [2.05, 4.69) is 10.2 Å². The van der Waals surface area contributed by atoms with Gasteiger partial charge in [0, 0.05) is 5.56 Å². The molecule has 0 N–H and O–H groups in total. The third-order valence-corrected chi connectivity index (χ3v) is 2.67. The first-order valence-electron chi connectivity index (χ1n) is 5.70. The predicted octanol–water partition coefficient (Wildman–Crippen LogP) is 3.61. The minimum Gasteiger partial charge on any atom is -0.456 e. The number of rotatable bonds is 2. The summed E-state index contributed by atoms with van der Waals surface area (Å²) < 4.78 is 11.0. The standard InChI is InChI=1S/C14H12N2O2/c1-9-3-6-11(7-4-9)13-15-16-14(18-13)12-8-5-10(2)17-12/h3-8H,1-2H3. The molecule has 18 heavy (non-hydrogen) atoms. The van der Waals surface area contributed by atoms with E-state index in [0.717, 1.165) is 11.3 Å². The number of furan rings is 1. The highest BCUT2D eigenvalue weighted by molar-refractivity contribution is 5.55. The predicted molar refractivity (Wildman–Crippen MR) is 66.9 cm³/mol. The molecular weight excluding hydrogens is 228 g/mol. The largest absolute Gasteiger partial charge is 0.456 e. The zero-order valence-corrected chi connectivity index (χ0v) is 10.2. The van der Waals surface area contributed by atoms with Crippen LogP contribution in [0.3, 0.4) is 0 Å². The second-order valence-corrected chi connectivity index (χ2v) is 4.19. The first-order valence-corrected chi connectivity index (χ1v) is 5.70. The number of hydrogen-bond acceptors (Lipinski definition) is 4. The molecule has 2 aromatic heterocycles. The summed E-state index contributed by atoms with van der Waals surface area (Å²) in [5.41, 5.74) is 2.10. The molecule has 0 atom stereocenters. The van der Waals surface area contributed by atoms with E-state index >= 15 is 0 Å². The second-order valence-electron chi connectivity index (χ2n) is 4.19. The molecule has 0 fully saturated rings. The molecule has 0 aliphatic heterocycles. The molecular formula is C14H12N2O2. The van der Waals surface area contributed by atoms with Gasteiger partial charge in [-0.25, -0.2) is 0 Å². The molecule has 0 spiro atoms. The van der Waals surface area contributed by atoms with Gasteiger partial charge in [-0.3, -0.25) is 0 Å². The quantitative estimate of drug-likeness (QED) is 0.686. The smallest absolute Gasteiger partial charge is 0.283 e. The third-order valence-electron chi connectivity index (χ3n) is 2.67. The fourth-order valence-corrected chi connectivity index (χ4v) is 1.69. The molecule has 3 aromatic rings. The number of aromatic nitrogens is 2. The Morgan fingerprint density at radius 3 is 2.17 bits per heavy atom. The molecule has 0 bridgehead atoms. The summed E-state index contributed by atoms with van der Waals surface area (Å²) in [6.07, 6.45) is 0. The third kappa shape index (κ3) is 1.93. The zero-order chi connectivity index (χ0) is 12.5. The van der Waals surface area contributed by atoms with Gasteiger partial charge in [0.25, 0.3) is 5.89 Å². The maximum Gasteiger partial charge on any atom is 0.283 e. The molecule has 3 rings (SSSR count). The zero-order valence-electron chi connectivity index (χ0n) is 10.2. The van der Waals surface area contributed by atoms with Crippen molar-refractivity contribution in [1.82, 2.24) is 10.2 Å². The summed E-state index contributed by atoms with van der Waals surface area (Å²) in [5, 5.41) is 8.01. The lowest BCUT2D eigenvalue weighted by Gasteiger charge is -1.94. The summed E-state index contributed by atoms with van der Waals surface area (Å²) in [6, 6.07) is 11.6. The van der Waals surface area contributed by atoms with Crippen molar-refractivity contribution in [2.45, 2.75) is 13.8 Å². The van der Waals surface area contributed by atoms with Crippen LogP contribution in [0.4, 0.5) is 0 Å². The van der Waals surface area contributed by atoms with E-state index in [-0.39, 0.29) is 0 Å². The Bertz CT molecular complexity index is 665. The van der Waals surface area contributed by atoms with Gasteiger partial charge in [-0.15, -0.1) is 10.2 Å². The van der Waals surface area contributed by atoms with Crippen molar-refractivity contribution in [1.29, 1.82) is 0 Å². The van der Waals surface area contributed by atoms with Gasteiger partial charge in [0.1, 0.15) is 5.76 Å². The van der Waals surface area contributed by atoms with Crippen LogP contribution >= 0.6 is 0 Å². The van der Waals surface area contributed by atoms with Gasteiger partial charge in [-0.05, 0) is 38.1 Å². The van der Waals surface area contributed by atoms with E-state index in [4.69, 9.17) is 8.83 Å². The van der Waals surface area contributed by atoms with E-state index in [1.807, 2.05) is 50.2 Å². The van der Waals surface area contributed by atoms with Crippen LogP contribution in [0.5, 0.6) is 0 Å². The van der Waals surface area contributed by atoms with Crippen LogP contribution in [-0.4, -0.2) is 10.2 Å². The highest BCUT2D eigenvalue weighted by atomic mass is 16.4. The summed E-state index contributed by atoms with van der Waals surface area (Å²) >= 11 is 0. The van der Waals surface area contributed by atoms with Gasteiger partial charge < -0.3 is 8.83 Å². The van der Waals surface area contributed by atoms with E-state index in [1.54, 1.807) is 0 Å². The van der Waals surface area contributed by atoms with Gasteiger partial charge in [0.15, 0.2) is 5.76 Å². The summed E-state index contributed by atoms with van der Waals surface area (Å²) in [5.74, 6) is 2.32. The number of hydrogen-bond donors (Lipinski definition) is 0. The number of aryl methyl sites for hydroxylation is 2. The maximum atomic E-state index is 5.59. The lowest BCUT2D eigenvalue weighted by Crippen LogP contribution is -1.77. The number of nitrogens with zero attached hydrogens (tertiary/aromatic N) is 2. The SMILES string of the molecule is Cc1ccc(-c2nnc(-c3ccc(C)o3)o2)cc1. The van der Waals surface area contributed by atoms with Crippen molar-refractivity contribution in [3.8, 4) is 23.1 Å². The molecule has 0 amide bonds. The molecule has 2 heterocycles. The Morgan fingerprint density at radius 1 is 0.778 bits per heavy atom. The molecule has 0 unspecified atom stereocenters. The maximum absolute atomic E-state index is 5.59. The van der Waals surface area contributed by atoms with Crippen molar-refractivity contribution in [2.75, 3.05) is 0 Å². The normalized spacial score (nSPS) is 10.8. The summed E-state index contributed by atoms with van der Waals surface area (Å²) in [6.45, 7) is 3.91. The van der Waals surface area contributed by atoms with Crippen LogP contribution in [0.1, 0.15) is 11.3 Å². The first kappa shape index (κ1) is 10.8. The van der Waals surface area contributed by atoms with Gasteiger partial charge in [-0.2, -0.15) is 0 Å². The average Bonchev–Trinajstić information content (AvgIpc) is 2.98. The van der Waals surface area contributed by atoms with Crippen molar-refractivity contribution >= 4 is 0 Å². The lowest BCUT2D eigenvalue weighted by molar-refractivity contribution is 0.505. The Morgan fingerprint density at radius 2 is 1.50 bits per heavy atom.